The lowest BCUT2D eigenvalue weighted by molar-refractivity contribution is -0.0400. The van der Waals surface area contributed by atoms with Crippen molar-refractivity contribution in [1.29, 1.82) is 0 Å². The van der Waals surface area contributed by atoms with Gasteiger partial charge in [-0.05, 0) is 38.2 Å². The van der Waals surface area contributed by atoms with Crippen LogP contribution in [0, 0.1) is 0 Å². The van der Waals surface area contributed by atoms with Crippen LogP contribution in [0.5, 0.6) is 5.75 Å². The van der Waals surface area contributed by atoms with E-state index in [1.54, 1.807) is 6.07 Å². The first-order chi connectivity index (χ1) is 9.05. The average Bonchev–Trinajstić information content (AvgIpc) is 3.18. The lowest BCUT2D eigenvalue weighted by atomic mass is 9.74. The van der Waals surface area contributed by atoms with Crippen LogP contribution in [0.15, 0.2) is 6.07 Å². The summed E-state index contributed by atoms with van der Waals surface area (Å²) in [5, 5.41) is 19.7. The van der Waals surface area contributed by atoms with Crippen LogP contribution in [0.2, 0.25) is 0 Å². The van der Waals surface area contributed by atoms with Gasteiger partial charge in [0.05, 0.1) is 18.4 Å². The van der Waals surface area contributed by atoms with Crippen molar-refractivity contribution < 1.29 is 19.7 Å². The number of nitrogens with zero attached hydrogens (tertiary/aromatic N) is 1. The highest BCUT2D eigenvalue weighted by Gasteiger charge is 2.42. The van der Waals surface area contributed by atoms with Crippen molar-refractivity contribution in [2.75, 3.05) is 7.11 Å². The van der Waals surface area contributed by atoms with Gasteiger partial charge >= 0.3 is 5.97 Å². The lowest BCUT2D eigenvalue weighted by Gasteiger charge is -2.38. The van der Waals surface area contributed by atoms with E-state index in [0.29, 0.717) is 18.8 Å². The Balaban J connectivity index is 2.14. The number of hydrogen-bond acceptors (Lipinski definition) is 4. The standard InChI is InChI=1S/C14H17NO4/c1-19-10-7-9(14(18)5-2-6-14)11(8-3-4-8)15-12(10)13(16)17/h7-8,18H,2-6H2,1H3,(H,16,17). The molecular formula is C14H17NO4. The zero-order valence-electron chi connectivity index (χ0n) is 10.8. The van der Waals surface area contributed by atoms with Crippen LogP contribution in [0.25, 0.3) is 0 Å². The van der Waals surface area contributed by atoms with Crippen LogP contribution < -0.4 is 4.74 Å². The molecule has 0 spiro atoms. The molecule has 0 radical (unpaired) electrons. The smallest absolute Gasteiger partial charge is 0.358 e. The third-order valence-corrected chi connectivity index (χ3v) is 4.09. The van der Waals surface area contributed by atoms with Gasteiger partial charge in [0.2, 0.25) is 0 Å². The van der Waals surface area contributed by atoms with Crippen LogP contribution in [0.3, 0.4) is 0 Å². The lowest BCUT2D eigenvalue weighted by Crippen LogP contribution is -2.35. The molecule has 102 valence electrons. The fourth-order valence-corrected chi connectivity index (χ4v) is 2.64. The van der Waals surface area contributed by atoms with E-state index in [9.17, 15) is 15.0 Å². The number of carboxylic acid groups (broad SMARTS) is 1. The topological polar surface area (TPSA) is 79.7 Å². The van der Waals surface area contributed by atoms with E-state index in [1.165, 1.54) is 7.11 Å². The minimum Gasteiger partial charge on any atom is -0.494 e. The molecule has 19 heavy (non-hydrogen) atoms. The number of carbonyl (C=O) groups is 1. The summed E-state index contributed by atoms with van der Waals surface area (Å²) in [6.07, 6.45) is 4.44. The Kier molecular flexibility index (Phi) is 2.74. The Labute approximate surface area is 111 Å². The Morgan fingerprint density at radius 1 is 1.47 bits per heavy atom. The average molecular weight is 263 g/mol. The normalized spacial score (nSPS) is 20.7. The predicted molar refractivity (Wildman–Crippen MR) is 67.5 cm³/mol. The summed E-state index contributed by atoms with van der Waals surface area (Å²) in [5.41, 5.74) is 0.620. The van der Waals surface area contributed by atoms with E-state index in [4.69, 9.17) is 4.74 Å². The van der Waals surface area contributed by atoms with Crippen molar-refractivity contribution in [3.63, 3.8) is 0 Å². The molecule has 1 aromatic heterocycles. The third-order valence-electron chi connectivity index (χ3n) is 4.09. The summed E-state index contributed by atoms with van der Waals surface area (Å²) >= 11 is 0. The Morgan fingerprint density at radius 2 is 2.16 bits per heavy atom. The summed E-state index contributed by atoms with van der Waals surface area (Å²) in [4.78, 5) is 15.5. The molecule has 1 heterocycles. The summed E-state index contributed by atoms with van der Waals surface area (Å²) < 4.78 is 5.11. The quantitative estimate of drug-likeness (QED) is 0.869. The number of aromatic nitrogens is 1. The monoisotopic (exact) mass is 263 g/mol. The third kappa shape index (κ3) is 1.98. The molecular weight excluding hydrogens is 246 g/mol. The maximum absolute atomic E-state index is 11.2. The molecule has 1 aromatic rings. The zero-order chi connectivity index (χ0) is 13.6. The largest absolute Gasteiger partial charge is 0.494 e. The van der Waals surface area contributed by atoms with Gasteiger partial charge < -0.3 is 14.9 Å². The van der Waals surface area contributed by atoms with E-state index < -0.39 is 11.6 Å². The first-order valence-corrected chi connectivity index (χ1v) is 6.60. The maximum atomic E-state index is 11.2. The first-order valence-electron chi connectivity index (χ1n) is 6.60. The highest BCUT2D eigenvalue weighted by atomic mass is 16.5. The second kappa shape index (κ2) is 4.20. The van der Waals surface area contributed by atoms with E-state index in [0.717, 1.165) is 30.5 Å². The Morgan fingerprint density at radius 3 is 2.58 bits per heavy atom. The SMILES string of the molecule is COc1cc(C2(O)CCC2)c(C2CC2)nc1C(=O)O. The maximum Gasteiger partial charge on any atom is 0.358 e. The van der Waals surface area contributed by atoms with Crippen molar-refractivity contribution in [2.45, 2.75) is 43.6 Å². The molecule has 0 bridgehead atoms. The second-order valence-corrected chi connectivity index (χ2v) is 5.44. The van der Waals surface area contributed by atoms with Gasteiger partial charge in [0.1, 0.15) is 0 Å². The van der Waals surface area contributed by atoms with Crippen LogP contribution in [-0.2, 0) is 5.60 Å². The van der Waals surface area contributed by atoms with Gasteiger partial charge in [0.25, 0.3) is 0 Å². The minimum absolute atomic E-state index is 0.0592. The summed E-state index contributed by atoms with van der Waals surface area (Å²) in [6, 6.07) is 1.67. The fraction of sp³-hybridized carbons (Fsp3) is 0.571. The van der Waals surface area contributed by atoms with Crippen LogP contribution in [0.1, 0.15) is 59.8 Å². The zero-order valence-corrected chi connectivity index (χ0v) is 10.8. The van der Waals surface area contributed by atoms with Crippen LogP contribution in [-0.4, -0.2) is 28.3 Å². The number of aliphatic hydroxyl groups is 1. The molecule has 2 saturated carbocycles. The molecule has 0 unspecified atom stereocenters. The number of aromatic carboxylic acids is 1. The van der Waals surface area contributed by atoms with Gasteiger partial charge in [-0.25, -0.2) is 9.78 Å². The van der Waals surface area contributed by atoms with Gasteiger partial charge in [-0.2, -0.15) is 0 Å². The number of pyridine rings is 1. The molecule has 0 saturated heterocycles. The predicted octanol–water partition coefficient (Wildman–Crippen LogP) is 2.04. The molecule has 0 atom stereocenters. The number of carboxylic acids is 1. The Bertz CT molecular complexity index is 532. The summed E-state index contributed by atoms with van der Waals surface area (Å²) in [5.74, 6) is -0.568. The second-order valence-electron chi connectivity index (χ2n) is 5.44. The van der Waals surface area contributed by atoms with Crippen molar-refractivity contribution in [2.24, 2.45) is 0 Å². The van der Waals surface area contributed by atoms with Crippen LogP contribution >= 0.6 is 0 Å². The molecule has 0 amide bonds. The van der Waals surface area contributed by atoms with E-state index in [2.05, 4.69) is 4.98 Å². The molecule has 3 rings (SSSR count). The molecule has 0 aromatic carbocycles. The summed E-state index contributed by atoms with van der Waals surface area (Å²) in [7, 11) is 1.43. The molecule has 0 aliphatic heterocycles. The van der Waals surface area contributed by atoms with E-state index in [1.807, 2.05) is 0 Å². The van der Waals surface area contributed by atoms with Gasteiger partial charge in [-0.3, -0.25) is 0 Å². The number of hydrogen-bond donors (Lipinski definition) is 2. The van der Waals surface area contributed by atoms with Crippen LogP contribution in [0.4, 0.5) is 0 Å². The van der Waals surface area contributed by atoms with Crippen molar-refractivity contribution >= 4 is 5.97 Å². The fourth-order valence-electron chi connectivity index (χ4n) is 2.64. The molecule has 2 aliphatic rings. The number of methoxy groups -OCH3 is 1. The molecule has 2 N–H and O–H groups in total. The van der Waals surface area contributed by atoms with Gasteiger partial charge in [0.15, 0.2) is 11.4 Å². The Hall–Kier alpha value is -1.62. The number of rotatable bonds is 4. The highest BCUT2D eigenvalue weighted by molar-refractivity contribution is 5.88. The van der Waals surface area contributed by atoms with E-state index in [-0.39, 0.29) is 11.4 Å². The van der Waals surface area contributed by atoms with Crippen molar-refractivity contribution in [3.05, 3.63) is 23.0 Å². The van der Waals surface area contributed by atoms with E-state index >= 15 is 0 Å². The van der Waals surface area contributed by atoms with Crippen molar-refractivity contribution in [1.82, 2.24) is 4.98 Å². The molecule has 5 heteroatoms. The van der Waals surface area contributed by atoms with Gasteiger partial charge in [0, 0.05) is 11.5 Å². The molecule has 2 fully saturated rings. The highest BCUT2D eigenvalue weighted by Crippen LogP contribution is 2.49. The summed E-state index contributed by atoms with van der Waals surface area (Å²) in [6.45, 7) is 0. The first kappa shape index (κ1) is 12.4. The molecule has 2 aliphatic carbocycles. The minimum atomic E-state index is -1.09. The van der Waals surface area contributed by atoms with Gasteiger partial charge in [-0.1, -0.05) is 0 Å². The van der Waals surface area contributed by atoms with Crippen molar-refractivity contribution in [3.8, 4) is 5.75 Å². The number of ether oxygens (including phenoxy) is 1. The molecule has 5 nitrogen and oxygen atoms in total. The van der Waals surface area contributed by atoms with Gasteiger partial charge in [-0.15, -0.1) is 0 Å².